The lowest BCUT2D eigenvalue weighted by molar-refractivity contribution is 0.102. The van der Waals surface area contributed by atoms with Crippen molar-refractivity contribution in [3.8, 4) is 11.4 Å². The van der Waals surface area contributed by atoms with E-state index >= 15 is 0 Å². The van der Waals surface area contributed by atoms with Crippen molar-refractivity contribution in [2.24, 2.45) is 0 Å². The van der Waals surface area contributed by atoms with Gasteiger partial charge in [0.05, 0.1) is 33.1 Å². The van der Waals surface area contributed by atoms with E-state index in [1.165, 1.54) is 28.0 Å². The van der Waals surface area contributed by atoms with Crippen LogP contribution in [0.2, 0.25) is 4.34 Å². The second-order valence-corrected chi connectivity index (χ2v) is 11.2. The molecule has 0 saturated carbocycles. The molecular weight excluding hydrogens is 484 g/mol. The van der Waals surface area contributed by atoms with E-state index in [0.717, 1.165) is 36.1 Å². The van der Waals surface area contributed by atoms with Crippen molar-refractivity contribution in [3.05, 3.63) is 66.4 Å². The first-order chi connectivity index (χ1) is 15.5. The van der Waals surface area contributed by atoms with Crippen LogP contribution in [0.15, 0.2) is 46.3 Å². The van der Waals surface area contributed by atoms with Crippen LogP contribution in [0.5, 0.6) is 5.75 Å². The van der Waals surface area contributed by atoms with Crippen LogP contribution in [0.1, 0.15) is 33.0 Å². The Balaban J connectivity index is 1.62. The van der Waals surface area contributed by atoms with Gasteiger partial charge in [-0.05, 0) is 55.5 Å². The summed E-state index contributed by atoms with van der Waals surface area (Å²) in [6.45, 7) is 0. The Morgan fingerprint density at radius 1 is 1.22 bits per heavy atom. The van der Waals surface area contributed by atoms with Crippen molar-refractivity contribution in [3.63, 3.8) is 0 Å². The summed E-state index contributed by atoms with van der Waals surface area (Å²) in [4.78, 5) is 34.0. The van der Waals surface area contributed by atoms with Gasteiger partial charge in [-0.3, -0.25) is 14.2 Å². The molecule has 0 spiro atoms. The summed E-state index contributed by atoms with van der Waals surface area (Å²) in [6, 6.07) is 10.8. The Hall–Kier alpha value is -2.13. The number of carbonyl (C=O) groups is 1. The number of hydrogen-bond acceptors (Lipinski definition) is 7. The number of carbonyl (C=O) groups excluding carboxylic acids is 1. The summed E-state index contributed by atoms with van der Waals surface area (Å²) in [6.07, 6.45) is 4.14. The van der Waals surface area contributed by atoms with E-state index in [2.05, 4.69) is 0 Å². The van der Waals surface area contributed by atoms with Gasteiger partial charge in [-0.25, -0.2) is 4.98 Å². The molecule has 3 aromatic heterocycles. The Morgan fingerprint density at radius 2 is 2.06 bits per heavy atom. The molecule has 0 bridgehead atoms. The molecule has 5 nitrogen and oxygen atoms in total. The lowest BCUT2D eigenvalue weighted by Crippen LogP contribution is -2.22. The van der Waals surface area contributed by atoms with Gasteiger partial charge in [0.15, 0.2) is 10.9 Å². The summed E-state index contributed by atoms with van der Waals surface area (Å²) in [5, 5.41) is 1.22. The zero-order valence-corrected chi connectivity index (χ0v) is 20.4. The molecule has 0 fully saturated rings. The summed E-state index contributed by atoms with van der Waals surface area (Å²) in [5.74, 6) is 0.787. The molecule has 32 heavy (non-hydrogen) atoms. The van der Waals surface area contributed by atoms with Crippen LogP contribution < -0.4 is 10.3 Å². The predicted octanol–water partition coefficient (Wildman–Crippen LogP) is 6.02. The molecule has 164 valence electrons. The number of aryl methyl sites for hydroxylation is 2. The van der Waals surface area contributed by atoms with Gasteiger partial charge in [0.25, 0.3) is 5.56 Å². The highest BCUT2D eigenvalue weighted by Gasteiger charge is 2.23. The summed E-state index contributed by atoms with van der Waals surface area (Å²) >= 11 is 10.1. The smallest absolute Gasteiger partial charge is 0.267 e. The molecule has 0 aliphatic heterocycles. The van der Waals surface area contributed by atoms with E-state index in [1.54, 1.807) is 35.1 Å². The molecule has 0 saturated heterocycles. The van der Waals surface area contributed by atoms with Crippen molar-refractivity contribution in [1.29, 1.82) is 0 Å². The van der Waals surface area contributed by atoms with Crippen LogP contribution in [-0.4, -0.2) is 28.2 Å². The van der Waals surface area contributed by atoms with E-state index in [9.17, 15) is 9.59 Å². The molecule has 0 amide bonds. The van der Waals surface area contributed by atoms with E-state index < -0.39 is 0 Å². The molecule has 0 atom stereocenters. The lowest BCUT2D eigenvalue weighted by Gasteiger charge is -2.14. The third kappa shape index (κ3) is 4.01. The highest BCUT2D eigenvalue weighted by atomic mass is 35.5. The number of ketones is 1. The minimum absolute atomic E-state index is 0.0380. The van der Waals surface area contributed by atoms with Crippen molar-refractivity contribution >= 4 is 62.0 Å². The number of halogens is 1. The maximum atomic E-state index is 13.8. The molecule has 1 aliphatic rings. The average Bonchev–Trinajstić information content (AvgIpc) is 3.41. The number of Topliss-reactive ketones (excluding diaryl/α,β-unsaturated/α-hetero) is 1. The van der Waals surface area contributed by atoms with Crippen molar-refractivity contribution < 1.29 is 9.53 Å². The zero-order valence-electron chi connectivity index (χ0n) is 17.2. The number of nitrogens with zero attached hydrogens (tertiary/aromatic N) is 2. The van der Waals surface area contributed by atoms with Crippen molar-refractivity contribution in [1.82, 2.24) is 9.55 Å². The van der Waals surface area contributed by atoms with Gasteiger partial charge < -0.3 is 4.74 Å². The maximum Gasteiger partial charge on any atom is 0.267 e. The predicted molar refractivity (Wildman–Crippen MR) is 133 cm³/mol. The number of thiophene rings is 2. The largest absolute Gasteiger partial charge is 0.497 e. The SMILES string of the molecule is COc1cccc(-n2c(SCC(=O)c3ccc(Cl)s3)nc3sc4c(c3c2=O)CCCC4)c1. The van der Waals surface area contributed by atoms with E-state index in [-0.39, 0.29) is 17.1 Å². The second-order valence-electron chi connectivity index (χ2n) is 7.44. The normalized spacial score (nSPS) is 13.3. The number of ether oxygens (including phenoxy) is 1. The highest BCUT2D eigenvalue weighted by molar-refractivity contribution is 7.99. The van der Waals surface area contributed by atoms with Crippen LogP contribution in [0.4, 0.5) is 0 Å². The number of hydrogen-bond donors (Lipinski definition) is 0. The molecule has 4 aromatic rings. The first kappa shape index (κ1) is 21.7. The first-order valence-corrected chi connectivity index (χ1v) is 13.2. The quantitative estimate of drug-likeness (QED) is 0.183. The average molecular weight is 503 g/mol. The monoisotopic (exact) mass is 502 g/mol. The minimum Gasteiger partial charge on any atom is -0.497 e. The Kier molecular flexibility index (Phi) is 6.11. The highest BCUT2D eigenvalue weighted by Crippen LogP contribution is 2.35. The van der Waals surface area contributed by atoms with Gasteiger partial charge in [-0.15, -0.1) is 22.7 Å². The van der Waals surface area contributed by atoms with E-state index in [4.69, 9.17) is 21.3 Å². The van der Waals surface area contributed by atoms with Gasteiger partial charge in [0.2, 0.25) is 0 Å². The fourth-order valence-corrected chi connectivity index (χ4v) is 7.20. The molecule has 1 aromatic carbocycles. The molecule has 9 heteroatoms. The molecular formula is C23H19ClN2O3S3. The van der Waals surface area contributed by atoms with Crippen molar-refractivity contribution in [2.75, 3.05) is 12.9 Å². The molecule has 3 heterocycles. The zero-order chi connectivity index (χ0) is 22.2. The molecule has 0 unspecified atom stereocenters. The molecule has 0 radical (unpaired) electrons. The van der Waals surface area contributed by atoms with E-state index in [0.29, 0.717) is 31.2 Å². The van der Waals surface area contributed by atoms with Crippen LogP contribution in [0, 0.1) is 0 Å². The van der Waals surface area contributed by atoms with Gasteiger partial charge in [0, 0.05) is 10.9 Å². The molecule has 0 N–H and O–H groups in total. The molecule has 1 aliphatic carbocycles. The van der Waals surface area contributed by atoms with Gasteiger partial charge in [-0.1, -0.05) is 29.4 Å². The van der Waals surface area contributed by atoms with Crippen molar-refractivity contribution in [2.45, 2.75) is 30.8 Å². The topological polar surface area (TPSA) is 61.2 Å². The maximum absolute atomic E-state index is 13.8. The number of thioether (sulfide) groups is 1. The first-order valence-electron chi connectivity index (χ1n) is 10.2. The van der Waals surface area contributed by atoms with Gasteiger partial charge >= 0.3 is 0 Å². The third-order valence-corrected chi connectivity index (χ3v) is 8.85. The fraction of sp³-hybridized carbons (Fsp3) is 0.261. The summed E-state index contributed by atoms with van der Waals surface area (Å²) in [5.41, 5.74) is 1.73. The van der Waals surface area contributed by atoms with Crippen LogP contribution in [0.25, 0.3) is 15.9 Å². The number of aromatic nitrogens is 2. The number of rotatable bonds is 6. The summed E-state index contributed by atoms with van der Waals surface area (Å²) < 4.78 is 7.57. The number of benzene rings is 1. The Morgan fingerprint density at radius 3 is 2.84 bits per heavy atom. The van der Waals surface area contributed by atoms with Gasteiger partial charge in [-0.2, -0.15) is 0 Å². The van der Waals surface area contributed by atoms with E-state index in [1.807, 2.05) is 24.3 Å². The Bertz CT molecular complexity index is 1390. The number of methoxy groups -OCH3 is 1. The lowest BCUT2D eigenvalue weighted by atomic mass is 9.97. The fourth-order valence-electron chi connectivity index (χ4n) is 3.93. The third-order valence-electron chi connectivity index (χ3n) is 5.45. The van der Waals surface area contributed by atoms with Gasteiger partial charge in [0.1, 0.15) is 10.6 Å². The van der Waals surface area contributed by atoms with Crippen LogP contribution >= 0.6 is 46.0 Å². The standard InChI is InChI=1S/C23H19ClN2O3S3/c1-29-14-6-4-5-13(11-14)26-22(28)20-15-7-2-3-8-17(15)32-21(20)25-23(26)30-12-16(27)18-9-10-19(24)31-18/h4-6,9-11H,2-3,7-8,12H2,1H3. The minimum atomic E-state index is -0.0863. The summed E-state index contributed by atoms with van der Waals surface area (Å²) in [7, 11) is 1.60. The molecule has 5 rings (SSSR count). The number of fused-ring (bicyclic) bond motifs is 3. The van der Waals surface area contributed by atoms with Crippen LogP contribution in [0.3, 0.4) is 0 Å². The second kappa shape index (κ2) is 9.02. The van der Waals surface area contributed by atoms with Crippen LogP contribution in [-0.2, 0) is 12.8 Å². The Labute approximate surface area is 202 Å².